The van der Waals surface area contributed by atoms with Gasteiger partial charge in [0.2, 0.25) is 0 Å². The van der Waals surface area contributed by atoms with E-state index in [1.54, 1.807) is 12.5 Å². The van der Waals surface area contributed by atoms with Gasteiger partial charge < -0.3 is 4.57 Å². The summed E-state index contributed by atoms with van der Waals surface area (Å²) in [5, 5.41) is 0.464. The highest BCUT2D eigenvalue weighted by Gasteiger charge is 2.19. The molecule has 4 nitrogen and oxygen atoms in total. The van der Waals surface area contributed by atoms with E-state index in [1.165, 1.54) is 0 Å². The van der Waals surface area contributed by atoms with Crippen LogP contribution in [0.5, 0.6) is 0 Å². The number of rotatable bonds is 2. The van der Waals surface area contributed by atoms with Crippen LogP contribution in [-0.2, 0) is 5.41 Å². The molecule has 2 aromatic heterocycles. The zero-order valence-corrected chi connectivity index (χ0v) is 12.7. The Kier molecular flexibility index (Phi) is 3.63. The molecule has 2 aromatic rings. The van der Waals surface area contributed by atoms with Crippen molar-refractivity contribution >= 4 is 11.6 Å². The maximum atomic E-state index is 6.12. The van der Waals surface area contributed by atoms with Crippen LogP contribution >= 0.6 is 11.6 Å². The highest BCUT2D eigenvalue weighted by Crippen LogP contribution is 2.26. The first-order valence-corrected chi connectivity index (χ1v) is 6.74. The van der Waals surface area contributed by atoms with Crippen LogP contribution in [0.15, 0.2) is 18.6 Å². The third kappa shape index (κ3) is 2.95. The minimum absolute atomic E-state index is 0.0655. The summed E-state index contributed by atoms with van der Waals surface area (Å²) < 4.78 is 2.04. The third-order valence-corrected chi connectivity index (χ3v) is 3.11. The summed E-state index contributed by atoms with van der Waals surface area (Å²) in [6.45, 7) is 10.5. The minimum Gasteiger partial charge on any atom is -0.325 e. The van der Waals surface area contributed by atoms with Gasteiger partial charge in [-0.15, -0.1) is 0 Å². The summed E-state index contributed by atoms with van der Waals surface area (Å²) in [6, 6.07) is 2.12. The van der Waals surface area contributed by atoms with E-state index < -0.39 is 0 Å². The van der Waals surface area contributed by atoms with Gasteiger partial charge in [0.15, 0.2) is 5.82 Å². The molecule has 0 spiro atoms. The van der Waals surface area contributed by atoms with Crippen molar-refractivity contribution in [3.63, 3.8) is 0 Å². The summed E-state index contributed by atoms with van der Waals surface area (Å²) in [4.78, 5) is 13.1. The predicted molar refractivity (Wildman–Crippen MR) is 77.3 cm³/mol. The lowest BCUT2D eigenvalue weighted by atomic mass is 9.92. The molecule has 5 heteroatoms. The number of imidazole rings is 1. The van der Waals surface area contributed by atoms with Crippen LogP contribution in [0.2, 0.25) is 5.15 Å². The molecule has 0 aromatic carbocycles. The Morgan fingerprint density at radius 1 is 1.21 bits per heavy atom. The molecule has 0 aliphatic heterocycles. The van der Waals surface area contributed by atoms with Crippen LogP contribution in [0.25, 0.3) is 11.5 Å². The summed E-state index contributed by atoms with van der Waals surface area (Å²) in [7, 11) is 0. The number of aromatic nitrogens is 4. The van der Waals surface area contributed by atoms with Crippen LogP contribution in [0.1, 0.15) is 46.4 Å². The fraction of sp³-hybridized carbons (Fsp3) is 0.500. The lowest BCUT2D eigenvalue weighted by Gasteiger charge is -2.19. The standard InChI is InChI=1S/C14H19ClN4/c1-9(2)19-8-16-7-10(19)13-17-11(14(3,4)5)6-12(15)18-13/h6-9H,1-5H3. The molecular formula is C14H19ClN4. The first kappa shape index (κ1) is 14.0. The molecule has 102 valence electrons. The average molecular weight is 279 g/mol. The van der Waals surface area contributed by atoms with Crippen LogP contribution in [0.4, 0.5) is 0 Å². The van der Waals surface area contributed by atoms with Gasteiger partial charge in [-0.25, -0.2) is 15.0 Å². The largest absolute Gasteiger partial charge is 0.325 e. The maximum absolute atomic E-state index is 6.12. The second-order valence-electron chi connectivity index (χ2n) is 5.93. The summed E-state index contributed by atoms with van der Waals surface area (Å²) in [6.07, 6.45) is 3.57. The molecule has 2 rings (SSSR count). The normalized spacial score (nSPS) is 12.2. The van der Waals surface area contributed by atoms with Crippen LogP contribution in [-0.4, -0.2) is 19.5 Å². The molecule has 0 unspecified atom stereocenters. The number of hydrogen-bond acceptors (Lipinski definition) is 3. The number of halogens is 1. The van der Waals surface area contributed by atoms with E-state index in [0.717, 1.165) is 11.4 Å². The van der Waals surface area contributed by atoms with Crippen molar-refractivity contribution in [3.8, 4) is 11.5 Å². The molecule has 0 aliphatic carbocycles. The Bertz CT molecular complexity index is 581. The van der Waals surface area contributed by atoms with E-state index in [9.17, 15) is 0 Å². The van der Waals surface area contributed by atoms with E-state index >= 15 is 0 Å². The molecule has 0 saturated carbocycles. The van der Waals surface area contributed by atoms with Crippen molar-refractivity contribution in [1.29, 1.82) is 0 Å². The third-order valence-electron chi connectivity index (χ3n) is 2.91. The molecular weight excluding hydrogens is 260 g/mol. The highest BCUT2D eigenvalue weighted by molar-refractivity contribution is 6.29. The van der Waals surface area contributed by atoms with Crippen LogP contribution in [0, 0.1) is 0 Å². The molecule has 0 amide bonds. The topological polar surface area (TPSA) is 43.6 Å². The molecule has 0 radical (unpaired) electrons. The van der Waals surface area contributed by atoms with E-state index in [0.29, 0.717) is 17.0 Å². The van der Waals surface area contributed by atoms with Crippen molar-refractivity contribution in [3.05, 3.63) is 29.4 Å². The second-order valence-corrected chi connectivity index (χ2v) is 6.32. The monoisotopic (exact) mass is 278 g/mol. The average Bonchev–Trinajstić information content (AvgIpc) is 2.75. The van der Waals surface area contributed by atoms with Crippen molar-refractivity contribution < 1.29 is 0 Å². The molecule has 0 atom stereocenters. The van der Waals surface area contributed by atoms with E-state index in [1.807, 2.05) is 10.6 Å². The van der Waals surface area contributed by atoms with E-state index in [2.05, 4.69) is 49.6 Å². The van der Waals surface area contributed by atoms with Gasteiger partial charge in [0.25, 0.3) is 0 Å². The van der Waals surface area contributed by atoms with Crippen molar-refractivity contribution in [2.75, 3.05) is 0 Å². The Morgan fingerprint density at radius 2 is 1.89 bits per heavy atom. The molecule has 0 aliphatic rings. The van der Waals surface area contributed by atoms with Gasteiger partial charge in [0, 0.05) is 11.5 Å². The summed E-state index contributed by atoms with van der Waals surface area (Å²) in [5.41, 5.74) is 1.76. The first-order valence-electron chi connectivity index (χ1n) is 6.36. The van der Waals surface area contributed by atoms with Gasteiger partial charge in [0.1, 0.15) is 10.8 Å². The molecule has 0 fully saturated rings. The molecule has 2 heterocycles. The molecule has 19 heavy (non-hydrogen) atoms. The lowest BCUT2D eigenvalue weighted by molar-refractivity contribution is 0.565. The van der Waals surface area contributed by atoms with Gasteiger partial charge in [0.05, 0.1) is 18.2 Å². The van der Waals surface area contributed by atoms with E-state index in [-0.39, 0.29) is 5.41 Å². The van der Waals surface area contributed by atoms with Crippen LogP contribution in [0.3, 0.4) is 0 Å². The lowest BCUT2D eigenvalue weighted by Crippen LogP contribution is -2.15. The fourth-order valence-corrected chi connectivity index (χ4v) is 1.99. The number of hydrogen-bond donors (Lipinski definition) is 0. The Labute approximate surface area is 118 Å². The summed E-state index contributed by atoms with van der Waals surface area (Å²) in [5.74, 6) is 0.628. The highest BCUT2D eigenvalue weighted by atomic mass is 35.5. The maximum Gasteiger partial charge on any atom is 0.179 e. The van der Waals surface area contributed by atoms with Crippen LogP contribution < -0.4 is 0 Å². The fourth-order valence-electron chi connectivity index (χ4n) is 1.81. The Morgan fingerprint density at radius 3 is 2.47 bits per heavy atom. The molecule has 0 saturated heterocycles. The minimum atomic E-state index is -0.0655. The summed E-state index contributed by atoms with van der Waals surface area (Å²) >= 11 is 6.12. The van der Waals surface area contributed by atoms with Gasteiger partial charge in [-0.2, -0.15) is 0 Å². The van der Waals surface area contributed by atoms with Crippen molar-refractivity contribution in [2.45, 2.75) is 46.1 Å². The van der Waals surface area contributed by atoms with Crippen molar-refractivity contribution in [1.82, 2.24) is 19.5 Å². The Hall–Kier alpha value is -1.42. The zero-order chi connectivity index (χ0) is 14.2. The van der Waals surface area contributed by atoms with Gasteiger partial charge in [-0.3, -0.25) is 0 Å². The SMILES string of the molecule is CC(C)n1cncc1-c1nc(Cl)cc(C(C)(C)C)n1. The predicted octanol–water partition coefficient (Wildman–Crippen LogP) is 3.87. The zero-order valence-electron chi connectivity index (χ0n) is 12.0. The van der Waals surface area contributed by atoms with Gasteiger partial charge >= 0.3 is 0 Å². The molecule has 0 bridgehead atoms. The van der Waals surface area contributed by atoms with Crippen molar-refractivity contribution in [2.24, 2.45) is 0 Å². The smallest absolute Gasteiger partial charge is 0.179 e. The van der Waals surface area contributed by atoms with E-state index in [4.69, 9.17) is 11.6 Å². The second kappa shape index (κ2) is 4.93. The van der Waals surface area contributed by atoms with Gasteiger partial charge in [-0.05, 0) is 19.9 Å². The quantitative estimate of drug-likeness (QED) is 0.783. The Balaban J connectivity index is 2.57. The first-order chi connectivity index (χ1) is 8.79. The van der Waals surface area contributed by atoms with Gasteiger partial charge in [-0.1, -0.05) is 32.4 Å². The molecule has 0 N–H and O–H groups in total. The number of nitrogens with zero attached hydrogens (tertiary/aromatic N) is 4.